The van der Waals surface area contributed by atoms with Gasteiger partial charge in [0.25, 0.3) is 0 Å². The third-order valence-electron chi connectivity index (χ3n) is 3.78. The van der Waals surface area contributed by atoms with Gasteiger partial charge in [-0.1, -0.05) is 23.7 Å². The molecule has 2 amide bonds. The summed E-state index contributed by atoms with van der Waals surface area (Å²) in [5.41, 5.74) is 2.02. The molecule has 0 aliphatic rings. The number of rotatable bonds is 4. The molecule has 116 valence electrons. The molecule has 0 aliphatic heterocycles. The van der Waals surface area contributed by atoms with E-state index in [1.807, 2.05) is 50.2 Å². The van der Waals surface area contributed by atoms with E-state index in [1.54, 1.807) is 24.3 Å². The first-order valence-corrected chi connectivity index (χ1v) is 7.55. The summed E-state index contributed by atoms with van der Waals surface area (Å²) in [6.07, 6.45) is 3.44. The number of nitrogens with zero attached hydrogens (tertiary/aromatic N) is 2. The maximum atomic E-state index is 12.4. The van der Waals surface area contributed by atoms with Gasteiger partial charge in [-0.2, -0.15) is 0 Å². The zero-order chi connectivity index (χ0) is 16.1. The second-order valence-electron chi connectivity index (χ2n) is 5.29. The summed E-state index contributed by atoms with van der Waals surface area (Å²) < 4.78 is 0. The molecular formula is C17H20ClN3O. The second kappa shape index (κ2) is 7.27. The van der Waals surface area contributed by atoms with Crippen molar-refractivity contribution in [1.29, 1.82) is 0 Å². The number of halogens is 1. The van der Waals surface area contributed by atoms with Gasteiger partial charge in [0.05, 0.1) is 12.1 Å². The van der Waals surface area contributed by atoms with E-state index in [-0.39, 0.29) is 18.1 Å². The molecule has 0 saturated heterocycles. The van der Waals surface area contributed by atoms with Crippen LogP contribution in [0, 0.1) is 0 Å². The van der Waals surface area contributed by atoms with Crippen LogP contribution in [0.3, 0.4) is 0 Å². The van der Waals surface area contributed by atoms with Gasteiger partial charge in [0.2, 0.25) is 0 Å². The largest absolute Gasteiger partial charge is 0.331 e. The van der Waals surface area contributed by atoms with Gasteiger partial charge in [-0.25, -0.2) is 4.79 Å². The summed E-state index contributed by atoms with van der Waals surface area (Å²) in [7, 11) is 1.78. The molecule has 0 fully saturated rings. The molecule has 5 heteroatoms. The average Bonchev–Trinajstić information content (AvgIpc) is 2.54. The number of carbonyl (C=O) groups is 1. The summed E-state index contributed by atoms with van der Waals surface area (Å²) in [6.45, 7) is 3.92. The Morgan fingerprint density at radius 2 is 1.86 bits per heavy atom. The van der Waals surface area contributed by atoms with E-state index in [4.69, 9.17) is 11.6 Å². The van der Waals surface area contributed by atoms with Crippen molar-refractivity contribution in [3.63, 3.8) is 0 Å². The maximum absolute atomic E-state index is 12.4. The lowest BCUT2D eigenvalue weighted by atomic mass is 10.1. The molecule has 0 saturated carbocycles. The minimum atomic E-state index is -0.128. The highest BCUT2D eigenvalue weighted by molar-refractivity contribution is 6.30. The first kappa shape index (κ1) is 16.3. The first-order valence-electron chi connectivity index (χ1n) is 7.17. The zero-order valence-electron chi connectivity index (χ0n) is 13.0. The molecule has 0 aliphatic carbocycles. The van der Waals surface area contributed by atoms with E-state index in [9.17, 15) is 4.79 Å². The number of pyridine rings is 1. The number of hydrogen-bond donors (Lipinski definition) is 1. The molecule has 0 unspecified atom stereocenters. The van der Waals surface area contributed by atoms with Crippen molar-refractivity contribution in [2.45, 2.75) is 25.9 Å². The lowest BCUT2D eigenvalue weighted by Gasteiger charge is -2.27. The lowest BCUT2D eigenvalue weighted by Crippen LogP contribution is -2.39. The third-order valence-corrected chi connectivity index (χ3v) is 4.01. The normalized spacial score (nSPS) is 13.3. The number of hydrogen-bond acceptors (Lipinski definition) is 2. The van der Waals surface area contributed by atoms with Crippen LogP contribution in [0.15, 0.2) is 48.8 Å². The van der Waals surface area contributed by atoms with Gasteiger partial charge >= 0.3 is 6.03 Å². The summed E-state index contributed by atoms with van der Waals surface area (Å²) >= 11 is 6.01. The number of nitrogens with one attached hydrogen (secondary N) is 1. The zero-order valence-corrected chi connectivity index (χ0v) is 13.7. The van der Waals surface area contributed by atoms with Gasteiger partial charge in [-0.15, -0.1) is 0 Å². The molecule has 2 rings (SSSR count). The van der Waals surface area contributed by atoms with Gasteiger partial charge < -0.3 is 10.2 Å². The van der Waals surface area contributed by atoms with Crippen LogP contribution < -0.4 is 5.32 Å². The first-order chi connectivity index (χ1) is 10.5. The monoisotopic (exact) mass is 317 g/mol. The van der Waals surface area contributed by atoms with Crippen molar-refractivity contribution in [2.24, 2.45) is 0 Å². The number of benzene rings is 1. The van der Waals surface area contributed by atoms with Crippen LogP contribution >= 0.6 is 11.6 Å². The Kier molecular flexibility index (Phi) is 5.39. The Morgan fingerprint density at radius 1 is 1.18 bits per heavy atom. The fourth-order valence-electron chi connectivity index (χ4n) is 2.19. The Balaban J connectivity index is 2.02. The van der Waals surface area contributed by atoms with Crippen LogP contribution in [-0.4, -0.2) is 23.0 Å². The summed E-state index contributed by atoms with van der Waals surface area (Å²) in [5.74, 6) is 0. The van der Waals surface area contributed by atoms with Gasteiger partial charge in [-0.05, 0) is 49.2 Å². The molecule has 0 spiro atoms. The van der Waals surface area contributed by atoms with Crippen LogP contribution in [0.5, 0.6) is 0 Å². The number of urea groups is 1. The quantitative estimate of drug-likeness (QED) is 0.918. The van der Waals surface area contributed by atoms with E-state index in [0.29, 0.717) is 5.02 Å². The Labute approximate surface area is 136 Å². The third kappa shape index (κ3) is 3.98. The molecule has 4 nitrogen and oxygen atoms in total. The van der Waals surface area contributed by atoms with Crippen LogP contribution in [0.1, 0.15) is 37.1 Å². The van der Waals surface area contributed by atoms with E-state index in [2.05, 4.69) is 10.3 Å². The van der Waals surface area contributed by atoms with Gasteiger partial charge in [0.15, 0.2) is 0 Å². The minimum Gasteiger partial charge on any atom is -0.331 e. The van der Waals surface area contributed by atoms with Crippen molar-refractivity contribution in [2.75, 3.05) is 7.05 Å². The molecule has 2 aromatic rings. The molecular weight excluding hydrogens is 298 g/mol. The molecule has 1 heterocycles. The summed E-state index contributed by atoms with van der Waals surface area (Å²) in [6, 6.07) is 11.1. The van der Waals surface area contributed by atoms with Crippen molar-refractivity contribution < 1.29 is 4.79 Å². The van der Waals surface area contributed by atoms with Crippen molar-refractivity contribution in [1.82, 2.24) is 15.2 Å². The van der Waals surface area contributed by atoms with Gasteiger partial charge in [-0.3, -0.25) is 4.98 Å². The van der Waals surface area contributed by atoms with Crippen LogP contribution in [-0.2, 0) is 0 Å². The predicted octanol–water partition coefficient (Wildman–Crippen LogP) is 4.20. The SMILES string of the molecule is C[C@H](NC(=O)N(C)[C@@H](C)c1cccc(Cl)c1)c1ccncc1. The molecule has 1 N–H and O–H groups in total. The number of carbonyl (C=O) groups excluding carboxylic acids is 1. The van der Waals surface area contributed by atoms with Crippen molar-refractivity contribution in [3.8, 4) is 0 Å². The van der Waals surface area contributed by atoms with Gasteiger partial charge in [0, 0.05) is 24.5 Å². The maximum Gasteiger partial charge on any atom is 0.318 e. The minimum absolute atomic E-state index is 0.0664. The van der Waals surface area contributed by atoms with Crippen LogP contribution in [0.4, 0.5) is 4.79 Å². The fourth-order valence-corrected chi connectivity index (χ4v) is 2.39. The highest BCUT2D eigenvalue weighted by Crippen LogP contribution is 2.22. The number of amides is 2. The predicted molar refractivity (Wildman–Crippen MR) is 88.8 cm³/mol. The summed E-state index contributed by atoms with van der Waals surface area (Å²) in [5, 5.41) is 3.66. The molecule has 2 atom stereocenters. The highest BCUT2D eigenvalue weighted by Gasteiger charge is 2.19. The number of aromatic nitrogens is 1. The fraction of sp³-hybridized carbons (Fsp3) is 0.294. The average molecular weight is 318 g/mol. The molecule has 0 radical (unpaired) electrons. The second-order valence-corrected chi connectivity index (χ2v) is 5.73. The topological polar surface area (TPSA) is 45.2 Å². The van der Waals surface area contributed by atoms with Crippen molar-refractivity contribution in [3.05, 3.63) is 64.9 Å². The van der Waals surface area contributed by atoms with Crippen LogP contribution in [0.25, 0.3) is 0 Å². The smallest absolute Gasteiger partial charge is 0.318 e. The molecule has 0 bridgehead atoms. The highest BCUT2D eigenvalue weighted by atomic mass is 35.5. The Hall–Kier alpha value is -2.07. The van der Waals surface area contributed by atoms with Gasteiger partial charge in [0.1, 0.15) is 0 Å². The molecule has 22 heavy (non-hydrogen) atoms. The summed E-state index contributed by atoms with van der Waals surface area (Å²) in [4.78, 5) is 18.0. The molecule has 1 aromatic heterocycles. The standard InChI is InChI=1S/C17H20ClN3O/c1-12(14-7-9-19-10-8-14)20-17(22)21(3)13(2)15-5-4-6-16(18)11-15/h4-13H,1-3H3,(H,20,22)/t12-,13-/m0/s1. The Morgan fingerprint density at radius 3 is 2.50 bits per heavy atom. The van der Waals surface area contributed by atoms with E-state index >= 15 is 0 Å². The van der Waals surface area contributed by atoms with E-state index in [0.717, 1.165) is 11.1 Å². The molecule has 1 aromatic carbocycles. The van der Waals surface area contributed by atoms with E-state index in [1.165, 1.54) is 0 Å². The van der Waals surface area contributed by atoms with E-state index < -0.39 is 0 Å². The van der Waals surface area contributed by atoms with Crippen LogP contribution in [0.2, 0.25) is 5.02 Å². The Bertz CT molecular complexity index is 633. The lowest BCUT2D eigenvalue weighted by molar-refractivity contribution is 0.191. The van der Waals surface area contributed by atoms with Crippen molar-refractivity contribution >= 4 is 17.6 Å².